The molecule has 0 radical (unpaired) electrons. The summed E-state index contributed by atoms with van der Waals surface area (Å²) in [4.78, 5) is 24.3. The number of benzene rings is 2. The first-order valence-electron chi connectivity index (χ1n) is 9.56. The van der Waals surface area contributed by atoms with Crippen LogP contribution in [0.25, 0.3) is 0 Å². The number of rotatable bonds is 8. The van der Waals surface area contributed by atoms with Crippen molar-refractivity contribution in [3.63, 3.8) is 0 Å². The first kappa shape index (κ1) is 22.9. The Bertz CT molecular complexity index is 999. The molecule has 0 spiro atoms. The zero-order valence-electron chi connectivity index (χ0n) is 16.6. The Morgan fingerprint density at radius 1 is 1.23 bits per heavy atom. The minimum atomic E-state index is -0.623. The average Bonchev–Trinajstić information content (AvgIpc) is 2.74. The van der Waals surface area contributed by atoms with Crippen molar-refractivity contribution >= 4 is 35.0 Å². The Morgan fingerprint density at radius 3 is 2.81 bits per heavy atom. The Kier molecular flexibility index (Phi) is 7.76. The Labute approximate surface area is 189 Å². The molecule has 3 rings (SSSR count). The molecular formula is C22H21Cl2FN2O4. The first-order chi connectivity index (χ1) is 14.8. The van der Waals surface area contributed by atoms with Crippen LogP contribution in [0.4, 0.5) is 4.39 Å². The maximum atomic E-state index is 13.4. The molecule has 0 aromatic heterocycles. The van der Waals surface area contributed by atoms with E-state index in [1.54, 1.807) is 12.1 Å². The summed E-state index contributed by atoms with van der Waals surface area (Å²) in [6, 6.07) is 9.27. The van der Waals surface area contributed by atoms with Crippen molar-refractivity contribution in [1.29, 1.82) is 0 Å². The highest BCUT2D eigenvalue weighted by atomic mass is 35.5. The van der Waals surface area contributed by atoms with E-state index in [1.807, 2.05) is 6.07 Å². The zero-order chi connectivity index (χ0) is 22.4. The minimum absolute atomic E-state index is 0.0224. The molecule has 0 bridgehead atoms. The van der Waals surface area contributed by atoms with Gasteiger partial charge in [-0.3, -0.25) is 9.59 Å². The molecule has 31 heavy (non-hydrogen) atoms. The van der Waals surface area contributed by atoms with E-state index >= 15 is 0 Å². The third-order valence-electron chi connectivity index (χ3n) is 4.62. The Morgan fingerprint density at radius 2 is 2.03 bits per heavy atom. The van der Waals surface area contributed by atoms with Crippen LogP contribution in [0.2, 0.25) is 10.0 Å². The largest absolute Gasteiger partial charge is 0.492 e. The fourth-order valence-corrected chi connectivity index (χ4v) is 3.25. The van der Waals surface area contributed by atoms with Crippen molar-refractivity contribution in [2.45, 2.75) is 12.8 Å². The third-order valence-corrected chi connectivity index (χ3v) is 5.16. The van der Waals surface area contributed by atoms with Gasteiger partial charge in [-0.05, 0) is 36.2 Å². The molecule has 9 heteroatoms. The van der Waals surface area contributed by atoms with Gasteiger partial charge in [0.25, 0.3) is 5.91 Å². The topological polar surface area (TPSA) is 76.7 Å². The normalized spacial score (nSPS) is 14.7. The number of halogens is 3. The van der Waals surface area contributed by atoms with Gasteiger partial charge >= 0.3 is 0 Å². The summed E-state index contributed by atoms with van der Waals surface area (Å²) in [5, 5.41) is 5.97. The van der Waals surface area contributed by atoms with Crippen molar-refractivity contribution in [3.05, 3.63) is 70.1 Å². The van der Waals surface area contributed by atoms with Gasteiger partial charge in [-0.1, -0.05) is 35.8 Å². The summed E-state index contributed by atoms with van der Waals surface area (Å²) in [6.07, 6.45) is 0.901. The lowest BCUT2D eigenvalue weighted by atomic mass is 9.96. The molecule has 2 aromatic rings. The second-order valence-corrected chi connectivity index (χ2v) is 7.87. The molecule has 1 unspecified atom stereocenters. The molecule has 2 amide bonds. The summed E-state index contributed by atoms with van der Waals surface area (Å²) in [5.41, 5.74) is 1.40. The number of carbonyl (C=O) groups excluding carboxylic acids is 2. The smallest absolute Gasteiger partial charge is 0.257 e. The van der Waals surface area contributed by atoms with Crippen LogP contribution in [0, 0.1) is 11.7 Å². The van der Waals surface area contributed by atoms with E-state index in [0.717, 1.165) is 11.6 Å². The molecule has 1 heterocycles. The molecule has 1 aliphatic rings. The van der Waals surface area contributed by atoms with Gasteiger partial charge < -0.3 is 20.1 Å². The predicted octanol–water partition coefficient (Wildman–Crippen LogP) is 3.90. The standard InChI is InChI=1S/C22H21Cl2FN2O4/c1-13(6-7-26-21(28)12-30-17-4-5-18(24)19(25)10-17)27-22(29)15-8-14-2-3-16(23)9-20(14)31-11-15/h2-5,9-10,15H,1,6-8,11-12H2,(H,26,28)(H,27,29). The van der Waals surface area contributed by atoms with Crippen molar-refractivity contribution in [3.8, 4) is 11.5 Å². The minimum Gasteiger partial charge on any atom is -0.492 e. The van der Waals surface area contributed by atoms with Crippen LogP contribution in [0.15, 0.2) is 48.7 Å². The maximum absolute atomic E-state index is 13.4. The van der Waals surface area contributed by atoms with E-state index in [0.29, 0.717) is 29.3 Å². The SMILES string of the molecule is C=C(CCNC(=O)COc1ccc(Cl)c(F)c1)NC(=O)C1COc2cc(Cl)ccc2C1. The number of hydrogen-bond donors (Lipinski definition) is 2. The molecular weight excluding hydrogens is 446 g/mol. The number of amides is 2. The molecule has 0 fully saturated rings. The monoisotopic (exact) mass is 466 g/mol. The second-order valence-electron chi connectivity index (χ2n) is 7.02. The highest BCUT2D eigenvalue weighted by Gasteiger charge is 2.26. The fraction of sp³-hybridized carbons (Fsp3) is 0.273. The summed E-state index contributed by atoms with van der Waals surface area (Å²) in [5.74, 6) is -0.639. The van der Waals surface area contributed by atoms with E-state index in [4.69, 9.17) is 32.7 Å². The Hall–Kier alpha value is -2.77. The highest BCUT2D eigenvalue weighted by molar-refractivity contribution is 6.31. The van der Waals surface area contributed by atoms with Crippen LogP contribution >= 0.6 is 23.2 Å². The lowest BCUT2D eigenvalue weighted by molar-refractivity contribution is -0.125. The summed E-state index contributed by atoms with van der Waals surface area (Å²) >= 11 is 11.5. The lowest BCUT2D eigenvalue weighted by Gasteiger charge is -2.25. The van der Waals surface area contributed by atoms with E-state index in [9.17, 15) is 14.0 Å². The maximum Gasteiger partial charge on any atom is 0.257 e. The van der Waals surface area contributed by atoms with Gasteiger partial charge in [0.15, 0.2) is 6.61 Å². The van der Waals surface area contributed by atoms with Crippen molar-refractivity contribution in [1.82, 2.24) is 10.6 Å². The molecule has 0 saturated carbocycles. The van der Waals surface area contributed by atoms with Crippen LogP contribution in [-0.2, 0) is 16.0 Å². The van der Waals surface area contributed by atoms with Gasteiger partial charge in [-0.25, -0.2) is 4.39 Å². The summed E-state index contributed by atoms with van der Waals surface area (Å²) < 4.78 is 24.2. The van der Waals surface area contributed by atoms with Crippen LogP contribution < -0.4 is 20.1 Å². The Balaban J connectivity index is 1.36. The number of ether oxygens (including phenoxy) is 2. The van der Waals surface area contributed by atoms with Crippen molar-refractivity contribution in [2.75, 3.05) is 19.8 Å². The van der Waals surface area contributed by atoms with Crippen LogP contribution in [-0.4, -0.2) is 31.6 Å². The molecule has 1 aliphatic heterocycles. The molecule has 0 aliphatic carbocycles. The molecule has 164 valence electrons. The summed E-state index contributed by atoms with van der Waals surface area (Å²) in [6.45, 7) is 4.07. The van der Waals surface area contributed by atoms with Gasteiger partial charge in [-0.15, -0.1) is 0 Å². The molecule has 0 saturated heterocycles. The number of hydrogen-bond acceptors (Lipinski definition) is 4. The van der Waals surface area contributed by atoms with E-state index < -0.39 is 5.82 Å². The zero-order valence-corrected chi connectivity index (χ0v) is 18.1. The van der Waals surface area contributed by atoms with Crippen LogP contribution in [0.3, 0.4) is 0 Å². The van der Waals surface area contributed by atoms with Gasteiger partial charge in [0.2, 0.25) is 5.91 Å². The predicted molar refractivity (Wildman–Crippen MR) is 116 cm³/mol. The first-order valence-corrected chi connectivity index (χ1v) is 10.3. The molecule has 2 N–H and O–H groups in total. The van der Waals surface area contributed by atoms with Gasteiger partial charge in [-0.2, -0.15) is 0 Å². The van der Waals surface area contributed by atoms with Crippen LogP contribution in [0.1, 0.15) is 12.0 Å². The number of fused-ring (bicyclic) bond motifs is 1. The van der Waals surface area contributed by atoms with E-state index in [-0.39, 0.29) is 48.3 Å². The van der Waals surface area contributed by atoms with Gasteiger partial charge in [0, 0.05) is 29.8 Å². The molecule has 1 atom stereocenters. The number of carbonyl (C=O) groups is 2. The number of nitrogens with one attached hydrogen (secondary N) is 2. The highest BCUT2D eigenvalue weighted by Crippen LogP contribution is 2.30. The second kappa shape index (κ2) is 10.5. The summed E-state index contributed by atoms with van der Waals surface area (Å²) in [7, 11) is 0. The lowest BCUT2D eigenvalue weighted by Crippen LogP contribution is -2.37. The van der Waals surface area contributed by atoms with E-state index in [2.05, 4.69) is 17.2 Å². The average molecular weight is 467 g/mol. The van der Waals surface area contributed by atoms with Crippen LogP contribution in [0.5, 0.6) is 11.5 Å². The van der Waals surface area contributed by atoms with Gasteiger partial charge in [0.05, 0.1) is 10.9 Å². The quantitative estimate of drug-likeness (QED) is 0.618. The van der Waals surface area contributed by atoms with Crippen molar-refractivity contribution in [2.24, 2.45) is 5.92 Å². The third kappa shape index (κ3) is 6.60. The van der Waals surface area contributed by atoms with Crippen molar-refractivity contribution < 1.29 is 23.5 Å². The van der Waals surface area contributed by atoms with Gasteiger partial charge in [0.1, 0.15) is 23.9 Å². The van der Waals surface area contributed by atoms with E-state index in [1.165, 1.54) is 12.1 Å². The fourth-order valence-electron chi connectivity index (χ4n) is 2.97. The molecule has 2 aromatic carbocycles. The molecule has 6 nitrogen and oxygen atoms in total.